The molecule has 1 heteroatoms. The van der Waals surface area contributed by atoms with E-state index in [1.165, 1.54) is 24.0 Å². The first-order valence-electron chi connectivity index (χ1n) is 6.07. The van der Waals surface area contributed by atoms with Gasteiger partial charge in [0.1, 0.15) is 0 Å². The van der Waals surface area contributed by atoms with Gasteiger partial charge in [-0.2, -0.15) is 0 Å². The van der Waals surface area contributed by atoms with Crippen molar-refractivity contribution in [2.24, 2.45) is 0 Å². The molecule has 0 amide bonds. The Hall–Kier alpha value is -0.820. The van der Waals surface area contributed by atoms with Gasteiger partial charge in [-0.25, -0.2) is 0 Å². The van der Waals surface area contributed by atoms with Gasteiger partial charge in [-0.15, -0.1) is 0 Å². The maximum Gasteiger partial charge on any atom is 0.0207 e. The van der Waals surface area contributed by atoms with Gasteiger partial charge in [0.2, 0.25) is 0 Å². The SMILES string of the molecule is CCCC(C)NCc1ccc(CC)cc1. The average molecular weight is 205 g/mol. The summed E-state index contributed by atoms with van der Waals surface area (Å²) in [4.78, 5) is 0. The second kappa shape index (κ2) is 6.62. The number of hydrogen-bond donors (Lipinski definition) is 1. The molecule has 84 valence electrons. The van der Waals surface area contributed by atoms with E-state index in [0.717, 1.165) is 13.0 Å². The average Bonchev–Trinajstić information content (AvgIpc) is 2.27. The maximum atomic E-state index is 3.54. The summed E-state index contributed by atoms with van der Waals surface area (Å²) >= 11 is 0. The Kier molecular flexibility index (Phi) is 5.41. The van der Waals surface area contributed by atoms with Gasteiger partial charge in [-0.3, -0.25) is 0 Å². The lowest BCUT2D eigenvalue weighted by molar-refractivity contribution is 0.508. The molecule has 0 fully saturated rings. The highest BCUT2D eigenvalue weighted by Gasteiger charge is 1.99. The molecule has 0 bridgehead atoms. The standard InChI is InChI=1S/C14H23N/c1-4-6-12(3)15-11-14-9-7-13(5-2)8-10-14/h7-10,12,15H,4-6,11H2,1-3H3. The quantitative estimate of drug-likeness (QED) is 0.749. The van der Waals surface area contributed by atoms with Crippen LogP contribution in [0.5, 0.6) is 0 Å². The lowest BCUT2D eigenvalue weighted by atomic mass is 10.1. The molecule has 0 aliphatic heterocycles. The molecule has 0 spiro atoms. The fourth-order valence-electron chi connectivity index (χ4n) is 1.72. The van der Waals surface area contributed by atoms with Gasteiger partial charge in [-0.05, 0) is 30.9 Å². The zero-order chi connectivity index (χ0) is 11.1. The molecule has 1 unspecified atom stereocenters. The van der Waals surface area contributed by atoms with Crippen LogP contribution < -0.4 is 5.32 Å². The van der Waals surface area contributed by atoms with Crippen LogP contribution in [-0.2, 0) is 13.0 Å². The molecule has 1 rings (SSSR count). The Labute approximate surface area is 93.9 Å². The van der Waals surface area contributed by atoms with Gasteiger partial charge >= 0.3 is 0 Å². The van der Waals surface area contributed by atoms with Crippen LogP contribution in [0.1, 0.15) is 44.7 Å². The summed E-state index contributed by atoms with van der Waals surface area (Å²) < 4.78 is 0. The maximum absolute atomic E-state index is 3.54. The van der Waals surface area contributed by atoms with E-state index in [1.807, 2.05) is 0 Å². The van der Waals surface area contributed by atoms with Crippen molar-refractivity contribution in [3.8, 4) is 0 Å². The van der Waals surface area contributed by atoms with Crippen LogP contribution in [0.2, 0.25) is 0 Å². The third kappa shape index (κ3) is 4.48. The first-order valence-corrected chi connectivity index (χ1v) is 6.07. The fourth-order valence-corrected chi connectivity index (χ4v) is 1.72. The normalized spacial score (nSPS) is 12.7. The molecular formula is C14H23N. The van der Waals surface area contributed by atoms with Crippen LogP contribution in [0, 0.1) is 0 Å². The smallest absolute Gasteiger partial charge is 0.0207 e. The van der Waals surface area contributed by atoms with E-state index >= 15 is 0 Å². The topological polar surface area (TPSA) is 12.0 Å². The Morgan fingerprint density at radius 3 is 2.20 bits per heavy atom. The highest BCUT2D eigenvalue weighted by molar-refractivity contribution is 5.22. The van der Waals surface area contributed by atoms with Crippen molar-refractivity contribution in [2.75, 3.05) is 0 Å². The summed E-state index contributed by atoms with van der Waals surface area (Å²) in [6.45, 7) is 7.67. The van der Waals surface area contributed by atoms with E-state index in [1.54, 1.807) is 0 Å². The molecule has 1 aromatic carbocycles. The molecule has 0 aliphatic carbocycles. The van der Waals surface area contributed by atoms with E-state index in [2.05, 4.69) is 50.4 Å². The summed E-state index contributed by atoms with van der Waals surface area (Å²) in [6, 6.07) is 9.53. The van der Waals surface area contributed by atoms with E-state index < -0.39 is 0 Å². The first-order chi connectivity index (χ1) is 7.26. The number of nitrogens with one attached hydrogen (secondary N) is 1. The van der Waals surface area contributed by atoms with Crippen LogP contribution in [0.4, 0.5) is 0 Å². The number of aryl methyl sites for hydroxylation is 1. The summed E-state index contributed by atoms with van der Waals surface area (Å²) in [7, 11) is 0. The third-order valence-electron chi connectivity index (χ3n) is 2.81. The molecule has 0 aromatic heterocycles. The van der Waals surface area contributed by atoms with Gasteiger partial charge in [-0.1, -0.05) is 44.5 Å². The minimum Gasteiger partial charge on any atom is -0.310 e. The Balaban J connectivity index is 2.37. The van der Waals surface area contributed by atoms with E-state index in [9.17, 15) is 0 Å². The number of rotatable bonds is 6. The molecule has 0 heterocycles. The van der Waals surface area contributed by atoms with Crippen LogP contribution in [0.25, 0.3) is 0 Å². The van der Waals surface area contributed by atoms with Gasteiger partial charge < -0.3 is 5.32 Å². The second-order valence-electron chi connectivity index (χ2n) is 4.24. The predicted octanol–water partition coefficient (Wildman–Crippen LogP) is 3.53. The van der Waals surface area contributed by atoms with Crippen molar-refractivity contribution in [2.45, 2.75) is 52.6 Å². The molecule has 1 nitrogen and oxygen atoms in total. The Morgan fingerprint density at radius 1 is 1.07 bits per heavy atom. The fraction of sp³-hybridized carbons (Fsp3) is 0.571. The van der Waals surface area contributed by atoms with Crippen molar-refractivity contribution in [3.63, 3.8) is 0 Å². The molecule has 0 saturated carbocycles. The highest BCUT2D eigenvalue weighted by atomic mass is 14.9. The van der Waals surface area contributed by atoms with Crippen LogP contribution in [-0.4, -0.2) is 6.04 Å². The summed E-state index contributed by atoms with van der Waals surface area (Å²) in [6.07, 6.45) is 3.63. The van der Waals surface area contributed by atoms with Gasteiger partial charge in [0.05, 0.1) is 0 Å². The molecule has 1 N–H and O–H groups in total. The molecule has 0 saturated heterocycles. The molecule has 0 aliphatic rings. The van der Waals surface area contributed by atoms with Crippen molar-refractivity contribution >= 4 is 0 Å². The molecule has 0 radical (unpaired) electrons. The Morgan fingerprint density at radius 2 is 1.67 bits per heavy atom. The summed E-state index contributed by atoms with van der Waals surface area (Å²) in [5.41, 5.74) is 2.80. The van der Waals surface area contributed by atoms with Gasteiger partial charge in [0.15, 0.2) is 0 Å². The lowest BCUT2D eigenvalue weighted by Crippen LogP contribution is -2.25. The summed E-state index contributed by atoms with van der Waals surface area (Å²) in [5, 5.41) is 3.54. The van der Waals surface area contributed by atoms with E-state index in [4.69, 9.17) is 0 Å². The molecule has 1 aromatic rings. The van der Waals surface area contributed by atoms with Crippen molar-refractivity contribution in [1.29, 1.82) is 0 Å². The number of hydrogen-bond acceptors (Lipinski definition) is 1. The zero-order valence-corrected chi connectivity index (χ0v) is 10.2. The number of benzene rings is 1. The minimum absolute atomic E-state index is 0.626. The van der Waals surface area contributed by atoms with Crippen LogP contribution in [0.3, 0.4) is 0 Å². The van der Waals surface area contributed by atoms with Crippen molar-refractivity contribution in [3.05, 3.63) is 35.4 Å². The van der Waals surface area contributed by atoms with Crippen LogP contribution in [0.15, 0.2) is 24.3 Å². The monoisotopic (exact) mass is 205 g/mol. The minimum atomic E-state index is 0.626. The van der Waals surface area contributed by atoms with Gasteiger partial charge in [0, 0.05) is 12.6 Å². The highest BCUT2D eigenvalue weighted by Crippen LogP contribution is 2.05. The van der Waals surface area contributed by atoms with Crippen molar-refractivity contribution in [1.82, 2.24) is 5.32 Å². The molecule has 15 heavy (non-hydrogen) atoms. The Bertz CT molecular complexity index is 263. The largest absolute Gasteiger partial charge is 0.310 e. The lowest BCUT2D eigenvalue weighted by Gasteiger charge is -2.12. The molecule has 1 atom stereocenters. The van der Waals surface area contributed by atoms with Gasteiger partial charge in [0.25, 0.3) is 0 Å². The summed E-state index contributed by atoms with van der Waals surface area (Å²) in [5.74, 6) is 0. The predicted molar refractivity (Wildman–Crippen MR) is 67.0 cm³/mol. The molecular weight excluding hydrogens is 182 g/mol. The van der Waals surface area contributed by atoms with E-state index in [0.29, 0.717) is 6.04 Å². The first kappa shape index (κ1) is 12.3. The zero-order valence-electron chi connectivity index (χ0n) is 10.2. The van der Waals surface area contributed by atoms with E-state index in [-0.39, 0.29) is 0 Å². The van der Waals surface area contributed by atoms with Crippen molar-refractivity contribution < 1.29 is 0 Å². The third-order valence-corrected chi connectivity index (χ3v) is 2.81. The van der Waals surface area contributed by atoms with Crippen LogP contribution >= 0.6 is 0 Å². The second-order valence-corrected chi connectivity index (χ2v) is 4.24.